The zero-order valence-corrected chi connectivity index (χ0v) is 12.1. The van der Waals surface area contributed by atoms with E-state index in [0.29, 0.717) is 17.9 Å². The number of hydrogen-bond acceptors (Lipinski definition) is 2. The lowest BCUT2D eigenvalue weighted by atomic mass is 9.98. The van der Waals surface area contributed by atoms with Crippen molar-refractivity contribution in [2.45, 2.75) is 62.7 Å². The first-order chi connectivity index (χ1) is 8.11. The summed E-state index contributed by atoms with van der Waals surface area (Å²) in [6, 6.07) is 0. The van der Waals surface area contributed by atoms with E-state index < -0.39 is 0 Å². The highest BCUT2D eigenvalue weighted by molar-refractivity contribution is 6.22. The molecule has 2 fully saturated rings. The molecule has 1 aliphatic carbocycles. The van der Waals surface area contributed by atoms with Crippen molar-refractivity contribution in [2.24, 2.45) is 0 Å². The zero-order chi connectivity index (χ0) is 12.4. The molecule has 0 bridgehead atoms. The normalized spacial score (nSPS) is 28.1. The lowest BCUT2D eigenvalue weighted by Crippen LogP contribution is -2.49. The maximum atomic E-state index is 6.25. The van der Waals surface area contributed by atoms with Crippen molar-refractivity contribution >= 4 is 23.2 Å². The smallest absolute Gasteiger partial charge is 0.0708 e. The Hall–Kier alpha value is 0.500. The molecule has 4 heteroatoms. The monoisotopic (exact) mass is 279 g/mol. The van der Waals surface area contributed by atoms with Crippen molar-refractivity contribution in [3.05, 3.63) is 0 Å². The SMILES string of the molecule is CC(CCl)(CCl)NCC1CCC2(CCCC2)O1. The second kappa shape index (κ2) is 5.64. The van der Waals surface area contributed by atoms with E-state index in [2.05, 4.69) is 12.2 Å². The van der Waals surface area contributed by atoms with Crippen LogP contribution in [0.1, 0.15) is 45.4 Å². The van der Waals surface area contributed by atoms with Gasteiger partial charge in [-0.1, -0.05) is 12.8 Å². The maximum absolute atomic E-state index is 6.25. The van der Waals surface area contributed by atoms with Gasteiger partial charge < -0.3 is 10.1 Å². The summed E-state index contributed by atoms with van der Waals surface area (Å²) in [7, 11) is 0. The van der Waals surface area contributed by atoms with Gasteiger partial charge in [0.1, 0.15) is 0 Å². The summed E-state index contributed by atoms with van der Waals surface area (Å²) in [4.78, 5) is 0. The summed E-state index contributed by atoms with van der Waals surface area (Å²) >= 11 is 11.9. The molecule has 2 aliphatic rings. The lowest BCUT2D eigenvalue weighted by Gasteiger charge is -2.29. The molecule has 17 heavy (non-hydrogen) atoms. The van der Waals surface area contributed by atoms with Gasteiger partial charge in [-0.05, 0) is 32.6 Å². The van der Waals surface area contributed by atoms with E-state index in [0.717, 1.165) is 6.54 Å². The number of hydrogen-bond donors (Lipinski definition) is 1. The Labute approximate surface area is 114 Å². The number of rotatable bonds is 5. The topological polar surface area (TPSA) is 21.3 Å². The highest BCUT2D eigenvalue weighted by Crippen LogP contribution is 2.43. The van der Waals surface area contributed by atoms with Crippen LogP contribution in [0.4, 0.5) is 0 Å². The van der Waals surface area contributed by atoms with E-state index in [1.165, 1.54) is 38.5 Å². The van der Waals surface area contributed by atoms with Crippen molar-refractivity contribution in [1.29, 1.82) is 0 Å². The van der Waals surface area contributed by atoms with Crippen LogP contribution in [0, 0.1) is 0 Å². The molecule has 1 heterocycles. The van der Waals surface area contributed by atoms with Crippen LogP contribution in [-0.2, 0) is 4.74 Å². The predicted molar refractivity (Wildman–Crippen MR) is 73.2 cm³/mol. The fourth-order valence-corrected chi connectivity index (χ4v) is 3.39. The number of halogens is 2. The Morgan fingerprint density at radius 1 is 1.24 bits per heavy atom. The van der Waals surface area contributed by atoms with Crippen LogP contribution in [0.5, 0.6) is 0 Å². The zero-order valence-electron chi connectivity index (χ0n) is 10.6. The van der Waals surface area contributed by atoms with Gasteiger partial charge in [-0.3, -0.25) is 0 Å². The van der Waals surface area contributed by atoms with Gasteiger partial charge >= 0.3 is 0 Å². The van der Waals surface area contributed by atoms with Crippen LogP contribution in [0.15, 0.2) is 0 Å². The maximum Gasteiger partial charge on any atom is 0.0708 e. The van der Waals surface area contributed by atoms with Crippen LogP contribution in [0.3, 0.4) is 0 Å². The van der Waals surface area contributed by atoms with Crippen molar-refractivity contribution in [3.8, 4) is 0 Å². The minimum Gasteiger partial charge on any atom is -0.370 e. The molecule has 0 radical (unpaired) electrons. The van der Waals surface area contributed by atoms with Crippen molar-refractivity contribution in [3.63, 3.8) is 0 Å². The van der Waals surface area contributed by atoms with Gasteiger partial charge in [0.05, 0.1) is 11.7 Å². The molecule has 1 saturated heterocycles. The molecule has 1 unspecified atom stereocenters. The van der Waals surface area contributed by atoms with Crippen LogP contribution in [-0.4, -0.2) is 35.5 Å². The second-order valence-corrected chi connectivity index (χ2v) is 6.41. The highest BCUT2D eigenvalue weighted by atomic mass is 35.5. The number of ether oxygens (including phenoxy) is 1. The van der Waals surface area contributed by atoms with Gasteiger partial charge in [-0.25, -0.2) is 0 Å². The van der Waals surface area contributed by atoms with Gasteiger partial charge in [0.2, 0.25) is 0 Å². The van der Waals surface area contributed by atoms with Gasteiger partial charge in [0, 0.05) is 23.8 Å². The largest absolute Gasteiger partial charge is 0.370 e. The summed E-state index contributed by atoms with van der Waals surface area (Å²) in [5.41, 5.74) is 0.0581. The first kappa shape index (κ1) is 13.9. The molecular formula is C13H23Cl2NO. The molecular weight excluding hydrogens is 257 g/mol. The Balaban J connectivity index is 1.78. The predicted octanol–water partition coefficient (Wildman–Crippen LogP) is 3.30. The van der Waals surface area contributed by atoms with Crippen LogP contribution < -0.4 is 5.32 Å². The van der Waals surface area contributed by atoms with E-state index >= 15 is 0 Å². The Morgan fingerprint density at radius 2 is 1.88 bits per heavy atom. The summed E-state index contributed by atoms with van der Waals surface area (Å²) in [6.45, 7) is 2.94. The molecule has 0 aromatic heterocycles. The van der Waals surface area contributed by atoms with Gasteiger partial charge in [-0.2, -0.15) is 0 Å². The van der Waals surface area contributed by atoms with E-state index in [1.54, 1.807) is 0 Å². The molecule has 100 valence electrons. The molecule has 1 spiro atoms. The quantitative estimate of drug-likeness (QED) is 0.780. The molecule has 2 nitrogen and oxygen atoms in total. The second-order valence-electron chi connectivity index (χ2n) is 5.88. The molecule has 2 rings (SSSR count). The average Bonchev–Trinajstić information content (AvgIpc) is 2.97. The molecule has 0 amide bonds. The van der Waals surface area contributed by atoms with Crippen LogP contribution >= 0.6 is 23.2 Å². The van der Waals surface area contributed by atoms with Crippen molar-refractivity contribution in [2.75, 3.05) is 18.3 Å². The minimum absolute atomic E-state index is 0.169. The van der Waals surface area contributed by atoms with Gasteiger partial charge in [0.15, 0.2) is 0 Å². The van der Waals surface area contributed by atoms with Crippen molar-refractivity contribution < 1.29 is 4.74 Å². The lowest BCUT2D eigenvalue weighted by molar-refractivity contribution is -0.0366. The first-order valence-electron chi connectivity index (χ1n) is 6.66. The molecule has 1 aliphatic heterocycles. The Bertz CT molecular complexity index is 250. The summed E-state index contributed by atoms with van der Waals surface area (Å²) < 4.78 is 6.25. The van der Waals surface area contributed by atoms with Crippen molar-refractivity contribution in [1.82, 2.24) is 5.32 Å². The van der Waals surface area contributed by atoms with E-state index in [9.17, 15) is 0 Å². The molecule has 1 N–H and O–H groups in total. The number of alkyl halides is 2. The molecule has 0 aromatic carbocycles. The summed E-state index contributed by atoms with van der Waals surface area (Å²) in [6.07, 6.45) is 7.93. The average molecular weight is 280 g/mol. The summed E-state index contributed by atoms with van der Waals surface area (Å²) in [5, 5.41) is 3.45. The van der Waals surface area contributed by atoms with E-state index in [-0.39, 0.29) is 11.1 Å². The standard InChI is InChI=1S/C13H23Cl2NO/c1-12(9-14,10-15)16-8-11-4-7-13(17-11)5-2-3-6-13/h11,16H,2-10H2,1H3. The highest BCUT2D eigenvalue weighted by Gasteiger charge is 2.42. The third-order valence-corrected chi connectivity index (χ3v) is 5.38. The van der Waals surface area contributed by atoms with E-state index in [1.807, 2.05) is 0 Å². The van der Waals surface area contributed by atoms with Gasteiger partial charge in [-0.15, -0.1) is 23.2 Å². The Kier molecular flexibility index (Phi) is 4.62. The summed E-state index contributed by atoms with van der Waals surface area (Å²) in [5.74, 6) is 1.07. The first-order valence-corrected chi connectivity index (χ1v) is 7.73. The number of nitrogens with one attached hydrogen (secondary N) is 1. The fraction of sp³-hybridized carbons (Fsp3) is 1.00. The van der Waals surface area contributed by atoms with Crippen LogP contribution in [0.25, 0.3) is 0 Å². The third-order valence-electron chi connectivity index (χ3n) is 4.20. The molecule has 1 saturated carbocycles. The van der Waals surface area contributed by atoms with Gasteiger partial charge in [0.25, 0.3) is 0 Å². The minimum atomic E-state index is -0.169. The fourth-order valence-electron chi connectivity index (χ4n) is 2.92. The Morgan fingerprint density at radius 3 is 2.47 bits per heavy atom. The van der Waals surface area contributed by atoms with Crippen LogP contribution in [0.2, 0.25) is 0 Å². The molecule has 1 atom stereocenters. The third kappa shape index (κ3) is 3.28. The molecule has 0 aromatic rings. The van der Waals surface area contributed by atoms with E-state index in [4.69, 9.17) is 27.9 Å².